The topological polar surface area (TPSA) is 122 Å². The van der Waals surface area contributed by atoms with Gasteiger partial charge in [0.05, 0.1) is 28.6 Å². The first-order valence-electron chi connectivity index (χ1n) is 12.6. The SMILES string of the molecule is O=C(NCCOc1ccc(S(=O)(=O)N2CCCC2)cc1)[C@@H]1CN(S(=O)(=O)c2ccccc2)c2ccccc2O1. The summed E-state index contributed by atoms with van der Waals surface area (Å²) in [6.07, 6.45) is 0.671. The monoisotopic (exact) mass is 571 g/mol. The lowest BCUT2D eigenvalue weighted by molar-refractivity contribution is -0.127. The molecule has 10 nitrogen and oxygen atoms in total. The van der Waals surface area contributed by atoms with Crippen molar-refractivity contribution in [2.24, 2.45) is 0 Å². The standard InChI is InChI=1S/C27H29N3O7S2/c31-27(28-16-19-36-21-12-14-23(15-13-21)38(32,33)29-17-6-7-18-29)26-20-30(24-10-4-5-11-25(24)37-26)39(34,35)22-8-2-1-3-9-22/h1-5,8-15,26H,6-7,16-20H2,(H,28,31)/t26-/m0/s1. The first-order valence-corrected chi connectivity index (χ1v) is 15.5. The van der Waals surface area contributed by atoms with E-state index in [1.165, 1.54) is 32.9 Å². The Morgan fingerprint density at radius 2 is 1.49 bits per heavy atom. The first kappa shape index (κ1) is 27.0. The summed E-state index contributed by atoms with van der Waals surface area (Å²) in [5.74, 6) is 0.282. The van der Waals surface area contributed by atoms with Gasteiger partial charge < -0.3 is 14.8 Å². The highest BCUT2D eigenvalue weighted by atomic mass is 32.2. The molecular weight excluding hydrogens is 542 g/mol. The minimum Gasteiger partial charge on any atom is -0.492 e. The Morgan fingerprint density at radius 1 is 0.846 bits per heavy atom. The summed E-state index contributed by atoms with van der Waals surface area (Å²) in [6, 6.07) is 20.9. The fourth-order valence-electron chi connectivity index (χ4n) is 4.53. The molecule has 0 aliphatic carbocycles. The molecule has 3 aromatic rings. The van der Waals surface area contributed by atoms with E-state index in [1.807, 2.05) is 0 Å². The molecule has 0 aromatic heterocycles. The zero-order valence-electron chi connectivity index (χ0n) is 21.1. The van der Waals surface area contributed by atoms with E-state index < -0.39 is 32.1 Å². The van der Waals surface area contributed by atoms with Gasteiger partial charge in [-0.1, -0.05) is 30.3 Å². The Balaban J connectivity index is 1.18. The van der Waals surface area contributed by atoms with Gasteiger partial charge in [-0.3, -0.25) is 9.10 Å². The molecule has 0 bridgehead atoms. The van der Waals surface area contributed by atoms with Crippen LogP contribution in [0.3, 0.4) is 0 Å². The van der Waals surface area contributed by atoms with E-state index in [9.17, 15) is 21.6 Å². The number of amides is 1. The van der Waals surface area contributed by atoms with E-state index in [0.717, 1.165) is 12.8 Å². The highest BCUT2D eigenvalue weighted by Crippen LogP contribution is 2.36. The summed E-state index contributed by atoms with van der Waals surface area (Å²) < 4.78 is 66.2. The second-order valence-electron chi connectivity index (χ2n) is 9.15. The number of benzene rings is 3. The molecule has 1 atom stereocenters. The van der Waals surface area contributed by atoms with Gasteiger partial charge in [-0.25, -0.2) is 16.8 Å². The fourth-order valence-corrected chi connectivity index (χ4v) is 7.54. The molecule has 2 aliphatic heterocycles. The third kappa shape index (κ3) is 5.72. The summed E-state index contributed by atoms with van der Waals surface area (Å²) >= 11 is 0. The summed E-state index contributed by atoms with van der Waals surface area (Å²) in [5.41, 5.74) is 0.365. The van der Waals surface area contributed by atoms with Crippen molar-refractivity contribution in [3.05, 3.63) is 78.9 Å². The van der Waals surface area contributed by atoms with Crippen molar-refractivity contribution in [1.29, 1.82) is 0 Å². The van der Waals surface area contributed by atoms with Crippen molar-refractivity contribution in [2.45, 2.75) is 28.7 Å². The lowest BCUT2D eigenvalue weighted by atomic mass is 10.2. The number of fused-ring (bicyclic) bond motifs is 1. The van der Waals surface area contributed by atoms with Crippen LogP contribution in [0.1, 0.15) is 12.8 Å². The van der Waals surface area contributed by atoms with Gasteiger partial charge in [0.2, 0.25) is 10.0 Å². The normalized spacial score (nSPS) is 17.7. The maximum Gasteiger partial charge on any atom is 0.264 e. The Hall–Kier alpha value is -3.61. The second-order valence-corrected chi connectivity index (χ2v) is 12.9. The van der Waals surface area contributed by atoms with E-state index in [4.69, 9.17) is 9.47 Å². The van der Waals surface area contributed by atoms with Crippen LogP contribution in [0.4, 0.5) is 5.69 Å². The number of sulfonamides is 2. The van der Waals surface area contributed by atoms with E-state index in [0.29, 0.717) is 30.3 Å². The molecule has 0 spiro atoms. The number of nitrogens with zero attached hydrogens (tertiary/aromatic N) is 2. The highest BCUT2D eigenvalue weighted by Gasteiger charge is 2.37. The Kier molecular flexibility index (Phi) is 7.78. The number of nitrogens with one attached hydrogen (secondary N) is 1. The first-order chi connectivity index (χ1) is 18.8. The van der Waals surface area contributed by atoms with Gasteiger partial charge in [0, 0.05) is 13.1 Å². The average Bonchev–Trinajstić information content (AvgIpc) is 3.52. The van der Waals surface area contributed by atoms with Crippen LogP contribution in [0.15, 0.2) is 88.7 Å². The van der Waals surface area contributed by atoms with Crippen LogP contribution < -0.4 is 19.1 Å². The zero-order chi connectivity index (χ0) is 27.5. The van der Waals surface area contributed by atoms with Crippen molar-refractivity contribution in [1.82, 2.24) is 9.62 Å². The van der Waals surface area contributed by atoms with E-state index in [2.05, 4.69) is 5.32 Å². The summed E-state index contributed by atoms with van der Waals surface area (Å²) in [6.45, 7) is 1.14. The number of carbonyl (C=O) groups excluding carboxylic acids is 1. The van der Waals surface area contributed by atoms with Crippen molar-refractivity contribution >= 4 is 31.6 Å². The molecule has 39 heavy (non-hydrogen) atoms. The van der Waals surface area contributed by atoms with Crippen LogP contribution in [0.2, 0.25) is 0 Å². The van der Waals surface area contributed by atoms with Gasteiger partial charge in [-0.2, -0.15) is 4.31 Å². The molecule has 1 N–H and O–H groups in total. The Morgan fingerprint density at radius 3 is 2.21 bits per heavy atom. The number of hydrogen-bond donors (Lipinski definition) is 1. The zero-order valence-corrected chi connectivity index (χ0v) is 22.7. The largest absolute Gasteiger partial charge is 0.492 e. The number of anilines is 1. The molecule has 2 heterocycles. The number of rotatable bonds is 9. The van der Waals surface area contributed by atoms with Crippen LogP contribution in [0.5, 0.6) is 11.5 Å². The lowest BCUT2D eigenvalue weighted by Gasteiger charge is -2.34. The molecule has 5 rings (SSSR count). The molecule has 0 saturated carbocycles. The summed E-state index contributed by atoms with van der Waals surface area (Å²) in [5, 5.41) is 2.72. The Labute approximate surface area is 228 Å². The molecule has 1 saturated heterocycles. The van der Waals surface area contributed by atoms with Crippen LogP contribution in [0, 0.1) is 0 Å². The molecule has 12 heteroatoms. The maximum absolute atomic E-state index is 13.4. The van der Waals surface area contributed by atoms with Crippen molar-refractivity contribution in [2.75, 3.05) is 37.1 Å². The average molecular weight is 572 g/mol. The van der Waals surface area contributed by atoms with Crippen molar-refractivity contribution in [3.63, 3.8) is 0 Å². The predicted octanol–water partition coefficient (Wildman–Crippen LogP) is 2.62. The number of ether oxygens (including phenoxy) is 2. The minimum absolute atomic E-state index is 0.119. The molecule has 1 fully saturated rings. The molecule has 0 unspecified atom stereocenters. The molecule has 3 aromatic carbocycles. The molecule has 206 valence electrons. The third-order valence-electron chi connectivity index (χ3n) is 6.56. The molecular formula is C27H29N3O7S2. The molecule has 1 amide bonds. The van der Waals surface area contributed by atoms with E-state index in [-0.39, 0.29) is 29.5 Å². The number of carbonyl (C=O) groups is 1. The minimum atomic E-state index is -3.92. The quantitative estimate of drug-likeness (QED) is 0.392. The summed E-state index contributed by atoms with van der Waals surface area (Å²) in [7, 11) is -7.42. The fraction of sp³-hybridized carbons (Fsp3) is 0.296. The van der Waals surface area contributed by atoms with Crippen LogP contribution in [-0.4, -0.2) is 65.9 Å². The van der Waals surface area contributed by atoms with Crippen molar-refractivity contribution in [3.8, 4) is 11.5 Å². The van der Waals surface area contributed by atoms with Gasteiger partial charge in [0.1, 0.15) is 18.1 Å². The number of hydrogen-bond acceptors (Lipinski definition) is 7. The predicted molar refractivity (Wildman–Crippen MR) is 145 cm³/mol. The Bertz CT molecular complexity index is 1520. The van der Waals surface area contributed by atoms with Gasteiger partial charge in [0.15, 0.2) is 6.10 Å². The van der Waals surface area contributed by atoms with Crippen molar-refractivity contribution < 1.29 is 31.1 Å². The molecule has 2 aliphatic rings. The molecule has 0 radical (unpaired) electrons. The summed E-state index contributed by atoms with van der Waals surface area (Å²) in [4.78, 5) is 13.3. The number of para-hydroxylation sites is 2. The smallest absolute Gasteiger partial charge is 0.264 e. The maximum atomic E-state index is 13.4. The van der Waals surface area contributed by atoms with Gasteiger partial charge >= 0.3 is 0 Å². The van der Waals surface area contributed by atoms with Gasteiger partial charge in [0.25, 0.3) is 15.9 Å². The van der Waals surface area contributed by atoms with Gasteiger partial charge in [-0.15, -0.1) is 0 Å². The van der Waals surface area contributed by atoms with Gasteiger partial charge in [-0.05, 0) is 61.4 Å². The van der Waals surface area contributed by atoms with Crippen LogP contribution in [-0.2, 0) is 24.8 Å². The van der Waals surface area contributed by atoms with E-state index >= 15 is 0 Å². The highest BCUT2D eigenvalue weighted by molar-refractivity contribution is 7.92. The third-order valence-corrected chi connectivity index (χ3v) is 10.3. The lowest BCUT2D eigenvalue weighted by Crippen LogP contribution is -2.51. The second kappa shape index (κ2) is 11.2. The van der Waals surface area contributed by atoms with Crippen LogP contribution in [0.25, 0.3) is 0 Å². The van der Waals surface area contributed by atoms with Crippen LogP contribution >= 0.6 is 0 Å². The van der Waals surface area contributed by atoms with E-state index in [1.54, 1.807) is 54.6 Å².